The zero-order chi connectivity index (χ0) is 14.2. The Bertz CT molecular complexity index is 445. The van der Waals surface area contributed by atoms with E-state index in [1.54, 1.807) is 0 Å². The Morgan fingerprint density at radius 3 is 1.65 bits per heavy atom. The van der Waals surface area contributed by atoms with Crippen LogP contribution in [0.1, 0.15) is 11.1 Å². The van der Waals surface area contributed by atoms with Gasteiger partial charge in [-0.3, -0.25) is 4.90 Å². The number of halogens is 2. The molecule has 1 nitrogen and oxygen atoms in total. The number of hydrogen-bond donors (Lipinski definition) is 0. The summed E-state index contributed by atoms with van der Waals surface area (Å²) in [5.74, 6) is 0.474. The molecule has 20 heavy (non-hydrogen) atoms. The fourth-order valence-electron chi connectivity index (χ4n) is 2.20. The van der Waals surface area contributed by atoms with Gasteiger partial charge in [0.2, 0.25) is 0 Å². The predicted molar refractivity (Wildman–Crippen MR) is 87.4 cm³/mol. The summed E-state index contributed by atoms with van der Waals surface area (Å²) in [5, 5.41) is -0.0240. The minimum Gasteiger partial charge on any atom is -0.293 e. The van der Waals surface area contributed by atoms with E-state index in [4.69, 9.17) is 23.2 Å². The quantitative estimate of drug-likeness (QED) is 0.679. The second kappa shape index (κ2) is 8.31. The molecule has 106 valence electrons. The van der Waals surface area contributed by atoms with E-state index >= 15 is 0 Å². The lowest BCUT2D eigenvalue weighted by molar-refractivity contribution is 0.260. The van der Waals surface area contributed by atoms with Gasteiger partial charge in [0.15, 0.2) is 0 Å². The van der Waals surface area contributed by atoms with Gasteiger partial charge in [0, 0.05) is 25.5 Å². The molecular weight excluding hydrogens is 289 g/mol. The molecule has 0 radical (unpaired) electrons. The van der Waals surface area contributed by atoms with Crippen LogP contribution in [0.4, 0.5) is 0 Å². The van der Waals surface area contributed by atoms with Gasteiger partial charge in [0.25, 0.3) is 0 Å². The summed E-state index contributed by atoms with van der Waals surface area (Å²) in [4.78, 5) is 2.34. The second-order valence-corrected chi connectivity index (χ2v) is 5.82. The van der Waals surface area contributed by atoms with Crippen LogP contribution in [-0.4, -0.2) is 22.7 Å². The Labute approximate surface area is 131 Å². The average Bonchev–Trinajstić information content (AvgIpc) is 2.49. The topological polar surface area (TPSA) is 3.24 Å². The first-order chi connectivity index (χ1) is 9.78. The molecule has 0 aromatic heterocycles. The maximum Gasteiger partial charge on any atom is 0.0598 e. The normalized spacial score (nSPS) is 12.6. The first-order valence-corrected chi connectivity index (χ1v) is 7.75. The number of benzene rings is 2. The summed E-state index contributed by atoms with van der Waals surface area (Å²) in [5.41, 5.74) is 2.59. The third-order valence-electron chi connectivity index (χ3n) is 3.12. The summed E-state index contributed by atoms with van der Waals surface area (Å²) in [6.07, 6.45) is 0. The minimum absolute atomic E-state index is 0.0240. The highest BCUT2D eigenvalue weighted by atomic mass is 35.5. The van der Waals surface area contributed by atoms with Crippen molar-refractivity contribution in [3.05, 3.63) is 71.8 Å². The summed E-state index contributed by atoms with van der Waals surface area (Å²) in [6.45, 7) is 2.56. The van der Waals surface area contributed by atoms with Crippen molar-refractivity contribution in [2.45, 2.75) is 18.5 Å². The molecule has 0 aliphatic carbocycles. The lowest BCUT2D eigenvalue weighted by Crippen LogP contribution is -2.30. The first-order valence-electron chi connectivity index (χ1n) is 6.78. The van der Waals surface area contributed by atoms with Gasteiger partial charge in [-0.25, -0.2) is 0 Å². The Morgan fingerprint density at radius 2 is 1.25 bits per heavy atom. The monoisotopic (exact) mass is 307 g/mol. The van der Waals surface area contributed by atoms with Gasteiger partial charge >= 0.3 is 0 Å². The van der Waals surface area contributed by atoms with Crippen LogP contribution in [0.25, 0.3) is 0 Å². The molecule has 0 saturated heterocycles. The SMILES string of the molecule is ClC[C@@H](Cl)CN(Cc1ccccc1)Cc1ccccc1. The number of hydrogen-bond acceptors (Lipinski definition) is 1. The van der Waals surface area contributed by atoms with Crippen molar-refractivity contribution >= 4 is 23.2 Å². The van der Waals surface area contributed by atoms with Crippen LogP contribution in [0.15, 0.2) is 60.7 Å². The van der Waals surface area contributed by atoms with Gasteiger partial charge in [-0.05, 0) is 11.1 Å². The molecule has 2 rings (SSSR count). The first kappa shape index (κ1) is 15.4. The van der Waals surface area contributed by atoms with Crippen molar-refractivity contribution in [3.8, 4) is 0 Å². The van der Waals surface area contributed by atoms with Gasteiger partial charge in [-0.15, -0.1) is 23.2 Å². The summed E-state index contributed by atoms with van der Waals surface area (Å²) in [7, 11) is 0. The zero-order valence-corrected chi connectivity index (χ0v) is 12.9. The zero-order valence-electron chi connectivity index (χ0n) is 11.4. The van der Waals surface area contributed by atoms with Gasteiger partial charge < -0.3 is 0 Å². The van der Waals surface area contributed by atoms with Crippen LogP contribution < -0.4 is 0 Å². The second-order valence-electron chi connectivity index (χ2n) is 4.89. The number of nitrogens with zero attached hydrogens (tertiary/aromatic N) is 1. The maximum absolute atomic E-state index is 6.22. The molecule has 2 aromatic rings. The molecular formula is C17H19Cl2N. The van der Waals surface area contributed by atoms with Crippen molar-refractivity contribution < 1.29 is 0 Å². The van der Waals surface area contributed by atoms with Crippen molar-refractivity contribution in [2.75, 3.05) is 12.4 Å². The van der Waals surface area contributed by atoms with Crippen molar-refractivity contribution in [1.82, 2.24) is 4.90 Å². The molecule has 0 aliphatic rings. The van der Waals surface area contributed by atoms with E-state index in [1.807, 2.05) is 12.1 Å². The van der Waals surface area contributed by atoms with Crippen LogP contribution in [0.5, 0.6) is 0 Å². The average molecular weight is 308 g/mol. The van der Waals surface area contributed by atoms with Crippen molar-refractivity contribution in [2.24, 2.45) is 0 Å². The largest absolute Gasteiger partial charge is 0.293 e. The summed E-state index contributed by atoms with van der Waals surface area (Å²) in [6, 6.07) is 20.9. The van der Waals surface area contributed by atoms with Crippen molar-refractivity contribution in [3.63, 3.8) is 0 Å². The van der Waals surface area contributed by atoms with Crippen LogP contribution >= 0.6 is 23.2 Å². The Morgan fingerprint density at radius 1 is 0.800 bits per heavy atom. The standard InChI is InChI=1S/C17H19Cl2N/c18-11-17(19)14-20(12-15-7-3-1-4-8-15)13-16-9-5-2-6-10-16/h1-10,17H,11-14H2/t17-/m1/s1. The van der Waals surface area contributed by atoms with Crippen LogP contribution in [0, 0.1) is 0 Å². The molecule has 0 aliphatic heterocycles. The fourth-order valence-corrected chi connectivity index (χ4v) is 2.49. The maximum atomic E-state index is 6.22. The van der Waals surface area contributed by atoms with E-state index in [1.165, 1.54) is 11.1 Å². The molecule has 0 spiro atoms. The van der Waals surface area contributed by atoms with E-state index in [0.29, 0.717) is 5.88 Å². The van der Waals surface area contributed by atoms with Gasteiger partial charge in [0.1, 0.15) is 0 Å². The highest BCUT2D eigenvalue weighted by Gasteiger charge is 2.12. The number of rotatable bonds is 7. The fraction of sp³-hybridized carbons (Fsp3) is 0.294. The van der Waals surface area contributed by atoms with Gasteiger partial charge in [-0.2, -0.15) is 0 Å². The van der Waals surface area contributed by atoms with E-state index in [9.17, 15) is 0 Å². The smallest absolute Gasteiger partial charge is 0.0598 e. The highest BCUT2D eigenvalue weighted by Crippen LogP contribution is 2.12. The third kappa shape index (κ3) is 5.16. The van der Waals surface area contributed by atoms with Crippen LogP contribution in [0.3, 0.4) is 0 Å². The Balaban J connectivity index is 2.04. The Hall–Kier alpha value is -1.02. The van der Waals surface area contributed by atoms with Crippen LogP contribution in [-0.2, 0) is 13.1 Å². The summed E-state index contributed by atoms with van der Waals surface area (Å²) >= 11 is 12.1. The molecule has 0 N–H and O–H groups in total. The molecule has 0 unspecified atom stereocenters. The van der Waals surface area contributed by atoms with E-state index < -0.39 is 0 Å². The van der Waals surface area contributed by atoms with Crippen molar-refractivity contribution in [1.29, 1.82) is 0 Å². The molecule has 0 saturated carbocycles. The van der Waals surface area contributed by atoms with E-state index in [0.717, 1.165) is 19.6 Å². The molecule has 3 heteroatoms. The third-order valence-corrected chi connectivity index (χ3v) is 3.94. The summed E-state index contributed by atoms with van der Waals surface area (Å²) < 4.78 is 0. The van der Waals surface area contributed by atoms with E-state index in [-0.39, 0.29) is 5.38 Å². The number of alkyl halides is 2. The predicted octanol–water partition coefficient (Wildman–Crippen LogP) is 4.54. The van der Waals surface area contributed by atoms with Crippen LogP contribution in [0.2, 0.25) is 0 Å². The Kier molecular flexibility index (Phi) is 6.38. The molecule has 0 fully saturated rings. The molecule has 0 heterocycles. The molecule has 0 amide bonds. The minimum atomic E-state index is -0.0240. The van der Waals surface area contributed by atoms with Gasteiger partial charge in [0.05, 0.1) is 5.38 Å². The highest BCUT2D eigenvalue weighted by molar-refractivity contribution is 6.28. The molecule has 2 aromatic carbocycles. The molecule has 0 bridgehead atoms. The van der Waals surface area contributed by atoms with Gasteiger partial charge in [-0.1, -0.05) is 60.7 Å². The lowest BCUT2D eigenvalue weighted by atomic mass is 10.1. The van der Waals surface area contributed by atoms with E-state index in [2.05, 4.69) is 53.4 Å². The molecule has 1 atom stereocenters. The lowest BCUT2D eigenvalue weighted by Gasteiger charge is -2.24.